The topological polar surface area (TPSA) is 68.5 Å². The fourth-order valence-corrected chi connectivity index (χ4v) is 3.48. The molecule has 2 aromatic carbocycles. The summed E-state index contributed by atoms with van der Waals surface area (Å²) in [6, 6.07) is 6.68. The molecule has 0 aliphatic carbocycles. The zero-order valence-electron chi connectivity index (χ0n) is 15.9. The van der Waals surface area contributed by atoms with Gasteiger partial charge in [0.25, 0.3) is 5.91 Å². The molecule has 0 atom stereocenters. The summed E-state index contributed by atoms with van der Waals surface area (Å²) in [4.78, 5) is 25.4. The molecule has 0 saturated carbocycles. The van der Waals surface area contributed by atoms with E-state index in [0.717, 1.165) is 6.07 Å². The van der Waals surface area contributed by atoms with Gasteiger partial charge in [-0.1, -0.05) is 23.2 Å². The molecule has 0 bridgehead atoms. The normalized spacial score (nSPS) is 11.3. The van der Waals surface area contributed by atoms with Gasteiger partial charge in [0.05, 0.1) is 28.1 Å². The van der Waals surface area contributed by atoms with Gasteiger partial charge in [0, 0.05) is 22.7 Å². The number of fused-ring (bicyclic) bond motifs is 1. The molecule has 0 saturated heterocycles. The number of carbonyl (C=O) groups excluding carboxylic acids is 2. The van der Waals surface area contributed by atoms with Crippen molar-refractivity contribution in [3.05, 3.63) is 63.0 Å². The number of carbonyl (C=O) groups is 2. The minimum absolute atomic E-state index is 0.132. The van der Waals surface area contributed by atoms with Crippen molar-refractivity contribution in [3.8, 4) is 5.75 Å². The highest BCUT2D eigenvalue weighted by Gasteiger charge is 2.24. The molecule has 0 radical (unpaired) electrons. The Morgan fingerprint density at radius 2 is 1.86 bits per heavy atom. The van der Waals surface area contributed by atoms with Gasteiger partial charge in [-0.15, -0.1) is 0 Å². The summed E-state index contributed by atoms with van der Waals surface area (Å²) in [5, 5.41) is 10.7. The number of benzene rings is 2. The number of rotatable bonds is 4. The molecule has 1 aromatic heterocycles. The SMILES string of the molecule is Cc1c(CC(=O)OC(C)C)c2cc(O)c(F)cc2n1C(=O)c1ccc(Cl)c(Cl)c1. The molecule has 0 amide bonds. The number of phenols is 1. The first kappa shape index (κ1) is 21.1. The molecule has 0 spiro atoms. The van der Waals surface area contributed by atoms with Gasteiger partial charge in [-0.3, -0.25) is 14.2 Å². The van der Waals surface area contributed by atoms with Crippen LogP contribution < -0.4 is 0 Å². The molecule has 8 heteroatoms. The highest BCUT2D eigenvalue weighted by molar-refractivity contribution is 6.42. The summed E-state index contributed by atoms with van der Waals surface area (Å²) in [5.41, 5.74) is 1.36. The summed E-state index contributed by atoms with van der Waals surface area (Å²) in [6.07, 6.45) is -0.437. The fraction of sp³-hybridized carbons (Fsp3) is 0.238. The Morgan fingerprint density at radius 1 is 1.17 bits per heavy atom. The lowest BCUT2D eigenvalue weighted by atomic mass is 10.1. The minimum atomic E-state index is -0.880. The van der Waals surface area contributed by atoms with E-state index in [1.54, 1.807) is 20.8 Å². The second kappa shape index (κ2) is 8.05. The van der Waals surface area contributed by atoms with Crippen molar-refractivity contribution in [1.29, 1.82) is 0 Å². The van der Waals surface area contributed by atoms with Crippen LogP contribution in [-0.4, -0.2) is 27.7 Å². The number of aromatic nitrogens is 1. The van der Waals surface area contributed by atoms with Gasteiger partial charge in [-0.2, -0.15) is 0 Å². The number of hydrogen-bond acceptors (Lipinski definition) is 4. The molecule has 3 rings (SSSR count). The predicted octanol–water partition coefficient (Wildman–Crippen LogP) is 5.28. The molecule has 29 heavy (non-hydrogen) atoms. The van der Waals surface area contributed by atoms with E-state index >= 15 is 0 Å². The van der Waals surface area contributed by atoms with E-state index in [2.05, 4.69) is 0 Å². The second-order valence-corrected chi connectivity index (χ2v) is 7.68. The molecule has 152 valence electrons. The van der Waals surface area contributed by atoms with E-state index in [4.69, 9.17) is 27.9 Å². The van der Waals surface area contributed by atoms with Crippen LogP contribution in [0.25, 0.3) is 10.9 Å². The van der Waals surface area contributed by atoms with E-state index in [-0.39, 0.29) is 28.6 Å². The van der Waals surface area contributed by atoms with Crippen LogP contribution in [0.5, 0.6) is 5.75 Å². The van der Waals surface area contributed by atoms with Crippen LogP contribution in [0.15, 0.2) is 30.3 Å². The van der Waals surface area contributed by atoms with E-state index in [9.17, 15) is 19.1 Å². The van der Waals surface area contributed by atoms with Crippen LogP contribution in [0, 0.1) is 12.7 Å². The first-order valence-corrected chi connectivity index (χ1v) is 9.57. The van der Waals surface area contributed by atoms with Crippen molar-refractivity contribution in [1.82, 2.24) is 4.57 Å². The zero-order chi connectivity index (χ0) is 21.5. The Hall–Kier alpha value is -2.57. The van der Waals surface area contributed by atoms with Gasteiger partial charge in [-0.25, -0.2) is 4.39 Å². The van der Waals surface area contributed by atoms with Gasteiger partial charge in [0.1, 0.15) is 0 Å². The van der Waals surface area contributed by atoms with Crippen LogP contribution >= 0.6 is 23.2 Å². The van der Waals surface area contributed by atoms with E-state index in [1.807, 2.05) is 0 Å². The molecule has 3 aromatic rings. The van der Waals surface area contributed by atoms with Crippen LogP contribution in [0.4, 0.5) is 4.39 Å². The van der Waals surface area contributed by atoms with Crippen molar-refractivity contribution in [2.75, 3.05) is 0 Å². The average molecular weight is 438 g/mol. The highest BCUT2D eigenvalue weighted by atomic mass is 35.5. The molecule has 1 heterocycles. The average Bonchev–Trinajstić information content (AvgIpc) is 2.88. The molecule has 1 N–H and O–H groups in total. The molecule has 0 unspecified atom stereocenters. The van der Waals surface area contributed by atoms with Gasteiger partial charge < -0.3 is 9.84 Å². The highest BCUT2D eigenvalue weighted by Crippen LogP contribution is 2.33. The number of hydrogen-bond donors (Lipinski definition) is 1. The minimum Gasteiger partial charge on any atom is -0.505 e. The first-order valence-electron chi connectivity index (χ1n) is 8.81. The number of nitrogens with zero attached hydrogens (tertiary/aromatic N) is 1. The molecule has 5 nitrogen and oxygen atoms in total. The number of halogens is 3. The third-order valence-electron chi connectivity index (χ3n) is 4.46. The summed E-state index contributed by atoms with van der Waals surface area (Å²) >= 11 is 11.9. The van der Waals surface area contributed by atoms with E-state index in [1.165, 1.54) is 28.8 Å². The Morgan fingerprint density at radius 3 is 2.48 bits per heavy atom. The van der Waals surface area contributed by atoms with Gasteiger partial charge in [0.2, 0.25) is 0 Å². The Bertz CT molecular complexity index is 1140. The number of ether oxygens (including phenoxy) is 1. The zero-order valence-corrected chi connectivity index (χ0v) is 17.4. The van der Waals surface area contributed by atoms with E-state index in [0.29, 0.717) is 21.7 Å². The Kier molecular flexibility index (Phi) is 5.87. The van der Waals surface area contributed by atoms with Crippen LogP contribution in [0.2, 0.25) is 10.0 Å². The fourth-order valence-electron chi connectivity index (χ4n) is 3.18. The monoisotopic (exact) mass is 437 g/mol. The lowest BCUT2D eigenvalue weighted by Crippen LogP contribution is -2.16. The van der Waals surface area contributed by atoms with E-state index < -0.39 is 23.4 Å². The maximum Gasteiger partial charge on any atom is 0.310 e. The number of phenolic OH excluding ortho intramolecular Hbond substituents is 1. The summed E-state index contributed by atoms with van der Waals surface area (Å²) < 4.78 is 20.6. The molecular weight excluding hydrogens is 420 g/mol. The molecule has 0 aliphatic rings. The van der Waals surface area contributed by atoms with Crippen molar-refractivity contribution in [2.24, 2.45) is 0 Å². The molecule has 0 fully saturated rings. The predicted molar refractivity (Wildman–Crippen MR) is 109 cm³/mol. The van der Waals surface area contributed by atoms with Gasteiger partial charge in [-0.05, 0) is 50.6 Å². The largest absolute Gasteiger partial charge is 0.505 e. The lowest BCUT2D eigenvalue weighted by molar-refractivity contribution is -0.146. The van der Waals surface area contributed by atoms with Gasteiger partial charge >= 0.3 is 5.97 Å². The second-order valence-electron chi connectivity index (χ2n) is 6.87. The van der Waals surface area contributed by atoms with Crippen LogP contribution in [0.3, 0.4) is 0 Å². The van der Waals surface area contributed by atoms with Crippen molar-refractivity contribution < 1.29 is 23.8 Å². The van der Waals surface area contributed by atoms with Crippen molar-refractivity contribution >= 4 is 46.0 Å². The standard InChI is InChI=1S/C21H18Cl2FNO4/c1-10(2)29-20(27)8-13-11(3)25(18-9-17(24)19(26)7-14(13)18)21(28)12-4-5-15(22)16(23)6-12/h4-7,9-10,26H,8H2,1-3H3. The summed E-state index contributed by atoms with van der Waals surface area (Å²) in [7, 11) is 0. The summed E-state index contributed by atoms with van der Waals surface area (Å²) in [6.45, 7) is 5.09. The quantitative estimate of drug-likeness (QED) is 0.563. The Balaban J connectivity index is 2.19. The number of esters is 1. The molecule has 0 aliphatic heterocycles. The maximum atomic E-state index is 14.1. The van der Waals surface area contributed by atoms with Crippen molar-refractivity contribution in [2.45, 2.75) is 33.3 Å². The molecular formula is C21H18Cl2FNO4. The summed E-state index contributed by atoms with van der Waals surface area (Å²) in [5.74, 6) is -2.42. The number of aromatic hydroxyl groups is 1. The van der Waals surface area contributed by atoms with Gasteiger partial charge in [0.15, 0.2) is 11.6 Å². The lowest BCUT2D eigenvalue weighted by Gasteiger charge is -2.09. The Labute approximate surface area is 176 Å². The smallest absolute Gasteiger partial charge is 0.310 e. The maximum absolute atomic E-state index is 14.1. The third kappa shape index (κ3) is 4.09. The van der Waals surface area contributed by atoms with Crippen LogP contribution in [-0.2, 0) is 16.0 Å². The van der Waals surface area contributed by atoms with Crippen LogP contribution in [0.1, 0.15) is 35.5 Å². The van der Waals surface area contributed by atoms with Crippen molar-refractivity contribution in [3.63, 3.8) is 0 Å². The third-order valence-corrected chi connectivity index (χ3v) is 5.20. The first-order chi connectivity index (χ1) is 13.6.